The first-order valence-corrected chi connectivity index (χ1v) is 5.10. The molecule has 2 aromatic heterocycles. The lowest BCUT2D eigenvalue weighted by atomic mass is 10.2. The maximum absolute atomic E-state index is 2.19. The van der Waals surface area contributed by atoms with E-state index in [-0.39, 0.29) is 0 Å². The molecule has 0 aliphatic carbocycles. The molecule has 0 aliphatic heterocycles. The van der Waals surface area contributed by atoms with Crippen molar-refractivity contribution in [3.05, 3.63) is 36.5 Å². The summed E-state index contributed by atoms with van der Waals surface area (Å²) in [7, 11) is 2.10. The third-order valence-corrected chi connectivity index (χ3v) is 3.52. The molecule has 0 bridgehead atoms. The Hall–Kier alpha value is -1.28. The lowest BCUT2D eigenvalue weighted by molar-refractivity contribution is 0.974. The van der Waals surface area contributed by atoms with E-state index in [2.05, 4.69) is 48.1 Å². The van der Waals surface area contributed by atoms with Gasteiger partial charge >= 0.3 is 0 Å². The Bertz CT molecular complexity index is 574. The summed E-state index contributed by atoms with van der Waals surface area (Å²) in [6, 6.07) is 10.7. The van der Waals surface area contributed by atoms with Crippen LogP contribution in [0.25, 0.3) is 20.3 Å². The van der Waals surface area contributed by atoms with Gasteiger partial charge in [-0.15, -0.1) is 11.3 Å². The molecule has 0 N–H and O–H groups in total. The molecule has 0 aliphatic rings. The number of benzene rings is 1. The van der Waals surface area contributed by atoms with Gasteiger partial charge < -0.3 is 4.57 Å². The molecule has 3 rings (SSSR count). The largest absolute Gasteiger partial charge is 0.349 e. The van der Waals surface area contributed by atoms with Crippen molar-refractivity contribution < 1.29 is 0 Å². The molecule has 0 unspecified atom stereocenters. The van der Waals surface area contributed by atoms with Gasteiger partial charge in [0.25, 0.3) is 0 Å². The second-order valence-electron chi connectivity index (χ2n) is 3.24. The van der Waals surface area contributed by atoms with Crippen LogP contribution in [-0.2, 0) is 7.05 Å². The van der Waals surface area contributed by atoms with Gasteiger partial charge in [0.1, 0.15) is 0 Å². The van der Waals surface area contributed by atoms with Gasteiger partial charge in [0.15, 0.2) is 0 Å². The molecular formula is C11H9NS. The van der Waals surface area contributed by atoms with Crippen molar-refractivity contribution in [3.63, 3.8) is 0 Å². The third kappa shape index (κ3) is 0.864. The molecule has 13 heavy (non-hydrogen) atoms. The summed E-state index contributed by atoms with van der Waals surface area (Å²) in [4.78, 5) is 0. The topological polar surface area (TPSA) is 4.93 Å². The van der Waals surface area contributed by atoms with E-state index in [4.69, 9.17) is 0 Å². The Morgan fingerprint density at radius 3 is 2.85 bits per heavy atom. The Balaban J connectivity index is 2.66. The maximum Gasteiger partial charge on any atom is 0.0667 e. The molecule has 0 fully saturated rings. The first-order chi connectivity index (χ1) is 6.36. The lowest BCUT2D eigenvalue weighted by Crippen LogP contribution is -1.81. The van der Waals surface area contributed by atoms with Crippen molar-refractivity contribution in [3.8, 4) is 0 Å². The molecule has 0 atom stereocenters. The van der Waals surface area contributed by atoms with E-state index in [0.717, 1.165) is 0 Å². The molecule has 3 aromatic rings. The van der Waals surface area contributed by atoms with Crippen LogP contribution in [-0.4, -0.2) is 4.57 Å². The zero-order chi connectivity index (χ0) is 8.84. The molecule has 1 nitrogen and oxygen atoms in total. The minimum absolute atomic E-state index is 1.36. The van der Waals surface area contributed by atoms with Gasteiger partial charge in [-0.3, -0.25) is 0 Å². The molecule has 2 heteroatoms. The number of hydrogen-bond donors (Lipinski definition) is 0. The highest BCUT2D eigenvalue weighted by Crippen LogP contribution is 2.33. The summed E-state index contributed by atoms with van der Waals surface area (Å²) in [6.07, 6.45) is 2.12. The normalized spacial score (nSPS) is 11.5. The average Bonchev–Trinajstić information content (AvgIpc) is 2.66. The van der Waals surface area contributed by atoms with Crippen LogP contribution in [0.3, 0.4) is 0 Å². The monoisotopic (exact) mass is 187 g/mol. The zero-order valence-corrected chi connectivity index (χ0v) is 8.14. The fourth-order valence-corrected chi connectivity index (χ4v) is 2.92. The predicted molar refractivity (Wildman–Crippen MR) is 58.3 cm³/mol. The molecule has 0 amide bonds. The van der Waals surface area contributed by atoms with E-state index in [9.17, 15) is 0 Å². The van der Waals surface area contributed by atoms with Gasteiger partial charge in [0.05, 0.1) is 10.2 Å². The maximum atomic E-state index is 2.19. The summed E-state index contributed by atoms with van der Waals surface area (Å²) in [5, 5.41) is 1.37. The average molecular weight is 187 g/mol. The smallest absolute Gasteiger partial charge is 0.0667 e. The van der Waals surface area contributed by atoms with E-state index >= 15 is 0 Å². The number of aryl methyl sites for hydroxylation is 1. The van der Waals surface area contributed by atoms with Crippen molar-refractivity contribution in [2.24, 2.45) is 7.05 Å². The Labute approximate surface area is 80.2 Å². The summed E-state index contributed by atoms with van der Waals surface area (Å²) in [5.74, 6) is 0. The highest BCUT2D eigenvalue weighted by atomic mass is 32.1. The highest BCUT2D eigenvalue weighted by molar-refractivity contribution is 7.25. The van der Waals surface area contributed by atoms with Crippen LogP contribution in [0.1, 0.15) is 0 Å². The van der Waals surface area contributed by atoms with Crippen molar-refractivity contribution >= 4 is 31.6 Å². The molecule has 0 saturated heterocycles. The third-order valence-electron chi connectivity index (χ3n) is 2.40. The fraction of sp³-hybridized carbons (Fsp3) is 0.0909. The van der Waals surface area contributed by atoms with Crippen molar-refractivity contribution in [2.45, 2.75) is 0 Å². The predicted octanol–water partition coefficient (Wildman–Crippen LogP) is 3.39. The van der Waals surface area contributed by atoms with Crippen LogP contribution in [0.4, 0.5) is 0 Å². The van der Waals surface area contributed by atoms with Crippen LogP contribution in [0.5, 0.6) is 0 Å². The fourth-order valence-electron chi connectivity index (χ4n) is 1.78. The molecule has 0 radical (unpaired) electrons. The van der Waals surface area contributed by atoms with Gasteiger partial charge in [-0.1, -0.05) is 18.2 Å². The van der Waals surface area contributed by atoms with Crippen LogP contribution >= 0.6 is 11.3 Å². The van der Waals surface area contributed by atoms with Crippen LogP contribution in [0.15, 0.2) is 36.5 Å². The minimum Gasteiger partial charge on any atom is -0.349 e. The molecule has 64 valence electrons. The Kier molecular flexibility index (Phi) is 1.30. The van der Waals surface area contributed by atoms with Gasteiger partial charge in [-0.2, -0.15) is 0 Å². The number of fused-ring (bicyclic) bond motifs is 3. The first-order valence-electron chi connectivity index (χ1n) is 4.29. The molecular weight excluding hydrogens is 178 g/mol. The molecule has 0 saturated carbocycles. The zero-order valence-electron chi connectivity index (χ0n) is 7.32. The Morgan fingerprint density at radius 2 is 1.92 bits per heavy atom. The van der Waals surface area contributed by atoms with E-state index in [1.165, 1.54) is 20.3 Å². The quantitative estimate of drug-likeness (QED) is 0.508. The van der Waals surface area contributed by atoms with Crippen molar-refractivity contribution in [2.75, 3.05) is 0 Å². The molecule has 2 heterocycles. The number of hydrogen-bond acceptors (Lipinski definition) is 1. The lowest BCUT2D eigenvalue weighted by Gasteiger charge is -1.92. The van der Waals surface area contributed by atoms with Crippen LogP contribution < -0.4 is 0 Å². The van der Waals surface area contributed by atoms with Crippen LogP contribution in [0.2, 0.25) is 0 Å². The van der Waals surface area contributed by atoms with E-state index < -0.39 is 0 Å². The van der Waals surface area contributed by atoms with Gasteiger partial charge in [0, 0.05) is 23.3 Å². The second kappa shape index (κ2) is 2.36. The molecule has 1 aromatic carbocycles. The first kappa shape index (κ1) is 7.15. The van der Waals surface area contributed by atoms with Crippen molar-refractivity contribution in [1.29, 1.82) is 0 Å². The number of rotatable bonds is 0. The SMILES string of the molecule is Cn1ccc2sc3ccccc3c21. The van der Waals surface area contributed by atoms with Gasteiger partial charge in [-0.05, 0) is 12.1 Å². The summed E-state index contributed by atoms with van der Waals surface area (Å²) in [5.41, 5.74) is 1.36. The highest BCUT2D eigenvalue weighted by Gasteiger charge is 2.05. The van der Waals surface area contributed by atoms with Gasteiger partial charge in [-0.25, -0.2) is 0 Å². The van der Waals surface area contributed by atoms with Gasteiger partial charge in [0.2, 0.25) is 0 Å². The van der Waals surface area contributed by atoms with Crippen molar-refractivity contribution in [1.82, 2.24) is 4.57 Å². The number of nitrogens with zero attached hydrogens (tertiary/aromatic N) is 1. The summed E-state index contributed by atoms with van der Waals surface area (Å²) in [6.45, 7) is 0. The molecule has 0 spiro atoms. The number of aromatic nitrogens is 1. The van der Waals surface area contributed by atoms with E-state index in [1.807, 2.05) is 11.3 Å². The second-order valence-corrected chi connectivity index (χ2v) is 4.32. The van der Waals surface area contributed by atoms with E-state index in [0.29, 0.717) is 0 Å². The van der Waals surface area contributed by atoms with Crippen LogP contribution in [0, 0.1) is 0 Å². The number of thiophene rings is 1. The minimum atomic E-state index is 1.36. The standard InChI is InChI=1S/C11H9NS/c1-12-7-6-10-11(12)8-4-2-3-5-9(8)13-10/h2-7H,1H3. The summed E-state index contributed by atoms with van der Waals surface area (Å²) >= 11 is 1.86. The Morgan fingerprint density at radius 1 is 1.08 bits per heavy atom. The van der Waals surface area contributed by atoms with E-state index in [1.54, 1.807) is 0 Å². The summed E-state index contributed by atoms with van der Waals surface area (Å²) < 4.78 is 4.95.